The summed E-state index contributed by atoms with van der Waals surface area (Å²) in [6.45, 7) is 6.18. The largest absolute Gasteiger partial charge is 0.377 e. The molecule has 6 heteroatoms. The van der Waals surface area contributed by atoms with Gasteiger partial charge in [-0.15, -0.1) is 0 Å². The van der Waals surface area contributed by atoms with Gasteiger partial charge < -0.3 is 15.0 Å². The molecule has 2 aromatic heterocycles. The fourth-order valence-electron chi connectivity index (χ4n) is 1.47. The first-order valence-electron chi connectivity index (χ1n) is 6.20. The number of hydrogen-bond acceptors (Lipinski definition) is 6. The number of aromatic nitrogens is 3. The van der Waals surface area contributed by atoms with Crippen molar-refractivity contribution in [2.75, 3.05) is 6.61 Å². The highest BCUT2D eigenvalue weighted by molar-refractivity contribution is 5.50. The Morgan fingerprint density at radius 2 is 2.16 bits per heavy atom. The molecule has 19 heavy (non-hydrogen) atoms. The summed E-state index contributed by atoms with van der Waals surface area (Å²) < 4.78 is 10.6. The summed E-state index contributed by atoms with van der Waals surface area (Å²) in [7, 11) is 0. The van der Waals surface area contributed by atoms with Crippen molar-refractivity contribution in [2.24, 2.45) is 5.73 Å². The summed E-state index contributed by atoms with van der Waals surface area (Å²) in [5.74, 6) is 0.860. The maximum Gasteiger partial charge on any atom is 0.259 e. The van der Waals surface area contributed by atoms with E-state index in [-0.39, 0.29) is 6.10 Å². The summed E-state index contributed by atoms with van der Waals surface area (Å²) in [4.78, 5) is 8.45. The van der Waals surface area contributed by atoms with Gasteiger partial charge in [0.2, 0.25) is 0 Å². The van der Waals surface area contributed by atoms with Crippen molar-refractivity contribution in [2.45, 2.75) is 32.9 Å². The summed E-state index contributed by atoms with van der Waals surface area (Å²) in [5, 5.41) is 3.87. The monoisotopic (exact) mass is 262 g/mol. The van der Waals surface area contributed by atoms with E-state index < -0.39 is 6.04 Å². The lowest BCUT2D eigenvalue weighted by molar-refractivity contribution is 0.0665. The van der Waals surface area contributed by atoms with Crippen LogP contribution in [0.4, 0.5) is 0 Å². The van der Waals surface area contributed by atoms with Crippen molar-refractivity contribution in [3.63, 3.8) is 0 Å². The third-order valence-corrected chi connectivity index (χ3v) is 2.54. The predicted molar refractivity (Wildman–Crippen MR) is 70.3 cm³/mol. The van der Waals surface area contributed by atoms with Gasteiger partial charge in [0.15, 0.2) is 5.82 Å². The first-order chi connectivity index (χ1) is 9.06. The van der Waals surface area contributed by atoms with Gasteiger partial charge in [-0.05, 0) is 32.9 Å². The van der Waals surface area contributed by atoms with Gasteiger partial charge >= 0.3 is 0 Å². The standard InChI is InChI=1S/C13H18N4O2/c1-8(2)18-7-11(14)12-16-13(19-17-12)10-5-4-9(3)15-6-10/h4-6,8,11H,7,14H2,1-3H3. The fraction of sp³-hybridized carbons (Fsp3) is 0.462. The molecule has 0 aliphatic carbocycles. The third-order valence-electron chi connectivity index (χ3n) is 2.54. The predicted octanol–water partition coefficient (Wildman–Crippen LogP) is 1.86. The van der Waals surface area contributed by atoms with E-state index in [1.807, 2.05) is 32.9 Å². The van der Waals surface area contributed by atoms with Crippen LogP contribution in [0.15, 0.2) is 22.9 Å². The zero-order chi connectivity index (χ0) is 13.8. The number of aryl methyl sites for hydroxylation is 1. The lowest BCUT2D eigenvalue weighted by Crippen LogP contribution is -2.20. The Labute approximate surface area is 112 Å². The molecule has 0 aromatic carbocycles. The lowest BCUT2D eigenvalue weighted by Gasteiger charge is -2.10. The Balaban J connectivity index is 2.08. The summed E-state index contributed by atoms with van der Waals surface area (Å²) in [5.41, 5.74) is 7.65. The minimum atomic E-state index is -0.390. The highest BCUT2D eigenvalue weighted by Crippen LogP contribution is 2.18. The first-order valence-corrected chi connectivity index (χ1v) is 6.20. The van der Waals surface area contributed by atoms with E-state index in [9.17, 15) is 0 Å². The van der Waals surface area contributed by atoms with E-state index in [4.69, 9.17) is 15.0 Å². The molecule has 102 valence electrons. The highest BCUT2D eigenvalue weighted by Gasteiger charge is 2.16. The van der Waals surface area contributed by atoms with Crippen molar-refractivity contribution in [3.8, 4) is 11.5 Å². The second-order valence-corrected chi connectivity index (χ2v) is 4.63. The summed E-state index contributed by atoms with van der Waals surface area (Å²) in [6, 6.07) is 3.38. The molecule has 0 aliphatic heterocycles. The molecule has 0 bridgehead atoms. The quantitative estimate of drug-likeness (QED) is 0.885. The Kier molecular flexibility index (Phi) is 4.24. The minimum Gasteiger partial charge on any atom is -0.377 e. The molecule has 0 spiro atoms. The molecule has 0 amide bonds. The highest BCUT2D eigenvalue weighted by atomic mass is 16.5. The van der Waals surface area contributed by atoms with Crippen LogP contribution >= 0.6 is 0 Å². The summed E-state index contributed by atoms with van der Waals surface area (Å²) in [6.07, 6.45) is 1.82. The molecule has 6 nitrogen and oxygen atoms in total. The number of ether oxygens (including phenoxy) is 1. The van der Waals surface area contributed by atoms with Crippen LogP contribution < -0.4 is 5.73 Å². The normalized spacial score (nSPS) is 12.9. The molecule has 2 aromatic rings. The van der Waals surface area contributed by atoms with Gasteiger partial charge in [0.05, 0.1) is 24.3 Å². The fourth-order valence-corrected chi connectivity index (χ4v) is 1.47. The molecule has 2 N–H and O–H groups in total. The molecular weight excluding hydrogens is 244 g/mol. The van der Waals surface area contributed by atoms with Crippen molar-refractivity contribution in [3.05, 3.63) is 29.8 Å². The molecule has 0 radical (unpaired) electrons. The van der Waals surface area contributed by atoms with Crippen LogP contribution in [-0.4, -0.2) is 27.8 Å². The van der Waals surface area contributed by atoms with Crippen LogP contribution in [0.25, 0.3) is 11.5 Å². The smallest absolute Gasteiger partial charge is 0.259 e. The first kappa shape index (κ1) is 13.6. The van der Waals surface area contributed by atoms with Crippen molar-refractivity contribution in [1.29, 1.82) is 0 Å². The minimum absolute atomic E-state index is 0.124. The molecule has 0 aliphatic rings. The van der Waals surface area contributed by atoms with Crippen molar-refractivity contribution >= 4 is 0 Å². The molecule has 2 heterocycles. The van der Waals surface area contributed by atoms with E-state index in [0.29, 0.717) is 18.3 Å². The van der Waals surface area contributed by atoms with Gasteiger partial charge in [-0.2, -0.15) is 4.98 Å². The number of nitrogens with two attached hydrogens (primary N) is 1. The van der Waals surface area contributed by atoms with Crippen LogP contribution in [0, 0.1) is 6.92 Å². The van der Waals surface area contributed by atoms with Crippen LogP contribution in [0.3, 0.4) is 0 Å². The van der Waals surface area contributed by atoms with Crippen molar-refractivity contribution < 1.29 is 9.26 Å². The Bertz CT molecular complexity index is 522. The van der Waals surface area contributed by atoms with Gasteiger partial charge in [-0.3, -0.25) is 4.98 Å². The van der Waals surface area contributed by atoms with Gasteiger partial charge in [0, 0.05) is 11.9 Å². The number of hydrogen-bond donors (Lipinski definition) is 1. The average molecular weight is 262 g/mol. The van der Waals surface area contributed by atoms with Gasteiger partial charge in [0.25, 0.3) is 5.89 Å². The number of rotatable bonds is 5. The molecule has 1 atom stereocenters. The van der Waals surface area contributed by atoms with Gasteiger partial charge in [-0.25, -0.2) is 0 Å². The molecular formula is C13H18N4O2. The van der Waals surface area contributed by atoms with Gasteiger partial charge in [0.1, 0.15) is 0 Å². The van der Waals surface area contributed by atoms with E-state index in [1.165, 1.54) is 0 Å². The summed E-state index contributed by atoms with van der Waals surface area (Å²) >= 11 is 0. The Morgan fingerprint density at radius 1 is 1.37 bits per heavy atom. The molecule has 0 fully saturated rings. The second-order valence-electron chi connectivity index (χ2n) is 4.63. The zero-order valence-corrected chi connectivity index (χ0v) is 11.3. The van der Waals surface area contributed by atoms with Crippen LogP contribution in [0.1, 0.15) is 31.4 Å². The topological polar surface area (TPSA) is 87.1 Å². The molecule has 1 unspecified atom stereocenters. The SMILES string of the molecule is Cc1ccc(-c2nc(C(N)COC(C)C)no2)cn1. The van der Waals surface area contributed by atoms with E-state index in [2.05, 4.69) is 15.1 Å². The van der Waals surface area contributed by atoms with E-state index in [0.717, 1.165) is 11.3 Å². The Hall–Kier alpha value is -1.79. The van der Waals surface area contributed by atoms with E-state index >= 15 is 0 Å². The Morgan fingerprint density at radius 3 is 2.79 bits per heavy atom. The third kappa shape index (κ3) is 3.59. The van der Waals surface area contributed by atoms with E-state index in [1.54, 1.807) is 6.20 Å². The number of pyridine rings is 1. The number of nitrogens with zero attached hydrogens (tertiary/aromatic N) is 3. The zero-order valence-electron chi connectivity index (χ0n) is 11.3. The molecule has 0 saturated carbocycles. The maximum absolute atomic E-state index is 5.93. The second kappa shape index (κ2) is 5.90. The molecule has 2 rings (SSSR count). The van der Waals surface area contributed by atoms with Crippen molar-refractivity contribution in [1.82, 2.24) is 15.1 Å². The van der Waals surface area contributed by atoms with Crippen LogP contribution in [0.2, 0.25) is 0 Å². The van der Waals surface area contributed by atoms with Crippen LogP contribution in [-0.2, 0) is 4.74 Å². The maximum atomic E-state index is 5.93. The lowest BCUT2D eigenvalue weighted by atomic mass is 10.2. The van der Waals surface area contributed by atoms with Crippen LogP contribution in [0.5, 0.6) is 0 Å². The molecule has 0 saturated heterocycles. The van der Waals surface area contributed by atoms with Gasteiger partial charge in [-0.1, -0.05) is 5.16 Å². The average Bonchev–Trinajstić information content (AvgIpc) is 2.86.